The Hall–Kier alpha value is -3.41. The SMILES string of the molecule is C=C(C)B(c1ccccc1)c1ccccc1.CCC(Cn1cncc1-c1ccccc1)C1OCCO1. The van der Waals surface area contributed by atoms with Gasteiger partial charge in [-0.15, -0.1) is 12.1 Å². The van der Waals surface area contributed by atoms with Gasteiger partial charge in [-0.05, 0) is 12.0 Å². The summed E-state index contributed by atoms with van der Waals surface area (Å²) in [4.78, 5) is 4.29. The minimum absolute atomic E-state index is 0.0778. The van der Waals surface area contributed by atoms with Crippen LogP contribution in [0.15, 0.2) is 116 Å². The molecule has 0 bridgehead atoms. The van der Waals surface area contributed by atoms with E-state index in [4.69, 9.17) is 9.47 Å². The number of imidazole rings is 1. The first kappa shape index (κ1) is 25.7. The zero-order valence-corrected chi connectivity index (χ0v) is 21.3. The molecular formula is C31H35BN2O2. The number of hydrogen-bond acceptors (Lipinski definition) is 3. The van der Waals surface area contributed by atoms with E-state index < -0.39 is 0 Å². The lowest BCUT2D eigenvalue weighted by Gasteiger charge is -2.22. The van der Waals surface area contributed by atoms with Crippen molar-refractivity contribution in [3.63, 3.8) is 0 Å². The molecule has 1 aromatic heterocycles. The van der Waals surface area contributed by atoms with Gasteiger partial charge in [0.1, 0.15) is 0 Å². The van der Waals surface area contributed by atoms with Crippen LogP contribution < -0.4 is 10.9 Å². The average Bonchev–Trinajstić information content (AvgIpc) is 3.62. The maximum Gasteiger partial charge on any atom is 0.236 e. The van der Waals surface area contributed by atoms with Crippen LogP contribution in [0.5, 0.6) is 0 Å². The van der Waals surface area contributed by atoms with E-state index in [0.717, 1.165) is 18.7 Å². The second-order valence-corrected chi connectivity index (χ2v) is 9.18. The molecule has 5 heteroatoms. The lowest BCUT2D eigenvalue weighted by Crippen LogP contribution is -2.43. The predicted octanol–water partition coefficient (Wildman–Crippen LogP) is 5.36. The number of hydrogen-bond donors (Lipinski definition) is 0. The molecule has 0 aliphatic carbocycles. The zero-order valence-electron chi connectivity index (χ0n) is 21.3. The Balaban J connectivity index is 0.000000174. The Morgan fingerprint density at radius 3 is 1.94 bits per heavy atom. The molecule has 3 aromatic carbocycles. The van der Waals surface area contributed by atoms with Crippen molar-refractivity contribution in [2.24, 2.45) is 5.92 Å². The van der Waals surface area contributed by atoms with Crippen LogP contribution in [-0.4, -0.2) is 35.8 Å². The van der Waals surface area contributed by atoms with E-state index in [1.54, 1.807) is 0 Å². The third-order valence-electron chi connectivity index (χ3n) is 6.53. The van der Waals surface area contributed by atoms with E-state index in [9.17, 15) is 0 Å². The Labute approximate surface area is 215 Å². The molecule has 0 spiro atoms. The van der Waals surface area contributed by atoms with Gasteiger partial charge in [0, 0.05) is 12.5 Å². The Morgan fingerprint density at radius 2 is 1.44 bits per heavy atom. The van der Waals surface area contributed by atoms with Crippen LogP contribution in [0.3, 0.4) is 0 Å². The first-order chi connectivity index (χ1) is 17.7. The molecule has 1 unspecified atom stereocenters. The number of rotatable bonds is 8. The van der Waals surface area contributed by atoms with Crippen molar-refractivity contribution in [1.29, 1.82) is 0 Å². The molecule has 2 heterocycles. The number of ether oxygens (including phenoxy) is 2. The lowest BCUT2D eigenvalue weighted by atomic mass is 9.37. The molecule has 0 amide bonds. The van der Waals surface area contributed by atoms with Crippen molar-refractivity contribution in [3.05, 3.63) is 116 Å². The van der Waals surface area contributed by atoms with Gasteiger partial charge in [-0.1, -0.05) is 116 Å². The van der Waals surface area contributed by atoms with Gasteiger partial charge in [0.25, 0.3) is 0 Å². The first-order valence-corrected chi connectivity index (χ1v) is 12.7. The van der Waals surface area contributed by atoms with Crippen molar-refractivity contribution in [3.8, 4) is 11.3 Å². The van der Waals surface area contributed by atoms with Crippen molar-refractivity contribution < 1.29 is 9.47 Å². The highest BCUT2D eigenvalue weighted by atomic mass is 16.7. The van der Waals surface area contributed by atoms with Gasteiger partial charge >= 0.3 is 0 Å². The van der Waals surface area contributed by atoms with Gasteiger partial charge in [0.05, 0.1) is 31.4 Å². The summed E-state index contributed by atoms with van der Waals surface area (Å²) >= 11 is 0. The third kappa shape index (κ3) is 6.63. The Morgan fingerprint density at radius 1 is 0.917 bits per heavy atom. The summed E-state index contributed by atoms with van der Waals surface area (Å²) in [6, 6.07) is 31.4. The quantitative estimate of drug-likeness (QED) is 0.320. The fourth-order valence-corrected chi connectivity index (χ4v) is 4.68. The van der Waals surface area contributed by atoms with Gasteiger partial charge in [0.15, 0.2) is 6.29 Å². The Bertz CT molecular complexity index is 1150. The second-order valence-electron chi connectivity index (χ2n) is 9.18. The minimum atomic E-state index is -0.0778. The lowest BCUT2D eigenvalue weighted by molar-refractivity contribution is -0.0883. The first-order valence-electron chi connectivity index (χ1n) is 12.7. The maximum absolute atomic E-state index is 5.64. The van der Waals surface area contributed by atoms with Gasteiger partial charge < -0.3 is 14.0 Å². The molecule has 0 N–H and O–H groups in total. The van der Waals surface area contributed by atoms with E-state index in [1.165, 1.54) is 22.0 Å². The summed E-state index contributed by atoms with van der Waals surface area (Å²) < 4.78 is 13.5. The molecule has 36 heavy (non-hydrogen) atoms. The van der Waals surface area contributed by atoms with Crippen LogP contribution in [0.25, 0.3) is 11.3 Å². The molecule has 1 fully saturated rings. The summed E-state index contributed by atoms with van der Waals surface area (Å²) in [5.74, 6) is 0.356. The fourth-order valence-electron chi connectivity index (χ4n) is 4.68. The van der Waals surface area contributed by atoms with E-state index in [1.807, 2.05) is 42.9 Å². The van der Waals surface area contributed by atoms with Crippen LogP contribution in [0.1, 0.15) is 20.3 Å². The highest BCUT2D eigenvalue weighted by molar-refractivity contribution is 6.90. The van der Waals surface area contributed by atoms with Gasteiger partial charge in [-0.3, -0.25) is 0 Å². The standard InChI is InChI=1S/C16H20N2O2.C15H15B/c1-2-13(16-19-8-9-20-16)11-18-12-17-10-15(18)14-6-4-3-5-7-14;1-13(2)16(14-9-5-3-6-10-14)15-11-7-4-8-12-15/h3-7,10,12-13,16H,2,8-9,11H2,1H3;3-12H,1H2,2H3. The fraction of sp³-hybridized carbons (Fsp3) is 0.258. The molecular weight excluding hydrogens is 443 g/mol. The van der Waals surface area contributed by atoms with Gasteiger partial charge in [-0.25, -0.2) is 4.98 Å². The summed E-state index contributed by atoms with van der Waals surface area (Å²) in [5, 5.41) is 0. The monoisotopic (exact) mass is 478 g/mol. The molecule has 184 valence electrons. The molecule has 1 aliphatic rings. The Kier molecular flexibility index (Phi) is 9.31. The van der Waals surface area contributed by atoms with Crippen LogP contribution in [0, 0.1) is 5.92 Å². The molecule has 1 aliphatic heterocycles. The number of benzene rings is 3. The highest BCUT2D eigenvalue weighted by Crippen LogP contribution is 2.24. The van der Waals surface area contributed by atoms with Crippen LogP contribution >= 0.6 is 0 Å². The van der Waals surface area contributed by atoms with Crippen molar-refractivity contribution in [2.45, 2.75) is 33.1 Å². The third-order valence-corrected chi connectivity index (χ3v) is 6.53. The summed E-state index contributed by atoms with van der Waals surface area (Å²) in [5.41, 5.74) is 6.12. The summed E-state index contributed by atoms with van der Waals surface area (Å²) in [6.45, 7) is 11.0. The number of nitrogens with zero attached hydrogens (tertiary/aromatic N) is 2. The number of aromatic nitrogens is 2. The normalized spacial score (nSPS) is 14.1. The molecule has 1 saturated heterocycles. The van der Waals surface area contributed by atoms with Crippen molar-refractivity contribution in [1.82, 2.24) is 9.55 Å². The summed E-state index contributed by atoms with van der Waals surface area (Å²) in [6.07, 6.45) is 4.75. The van der Waals surface area contributed by atoms with Crippen LogP contribution in [0.2, 0.25) is 0 Å². The number of allylic oxidation sites excluding steroid dienone is 1. The maximum atomic E-state index is 5.64. The smallest absolute Gasteiger partial charge is 0.236 e. The summed E-state index contributed by atoms with van der Waals surface area (Å²) in [7, 11) is 0. The van der Waals surface area contributed by atoms with Gasteiger partial charge in [-0.2, -0.15) is 0 Å². The van der Waals surface area contributed by atoms with Gasteiger partial charge in [0.2, 0.25) is 6.71 Å². The zero-order chi connectivity index (χ0) is 25.2. The van der Waals surface area contributed by atoms with E-state index in [2.05, 4.69) is 90.6 Å². The van der Waals surface area contributed by atoms with E-state index in [-0.39, 0.29) is 6.29 Å². The molecule has 5 rings (SSSR count). The molecule has 0 saturated carbocycles. The molecule has 1 atom stereocenters. The van der Waals surface area contributed by atoms with Crippen molar-refractivity contribution in [2.75, 3.05) is 13.2 Å². The largest absolute Gasteiger partial charge is 0.350 e. The topological polar surface area (TPSA) is 36.3 Å². The predicted molar refractivity (Wildman–Crippen MR) is 150 cm³/mol. The van der Waals surface area contributed by atoms with Crippen molar-refractivity contribution >= 4 is 17.6 Å². The second kappa shape index (κ2) is 13.1. The minimum Gasteiger partial charge on any atom is -0.350 e. The van der Waals surface area contributed by atoms with E-state index >= 15 is 0 Å². The van der Waals surface area contributed by atoms with Crippen LogP contribution in [-0.2, 0) is 16.0 Å². The average molecular weight is 478 g/mol. The molecule has 4 aromatic rings. The molecule has 4 nitrogen and oxygen atoms in total. The highest BCUT2D eigenvalue weighted by Gasteiger charge is 2.26. The van der Waals surface area contributed by atoms with E-state index in [0.29, 0.717) is 25.8 Å². The van der Waals surface area contributed by atoms with Crippen LogP contribution in [0.4, 0.5) is 0 Å². The molecule has 0 radical (unpaired) electrons.